The number of aromatic nitrogens is 2. The van der Waals surface area contributed by atoms with Gasteiger partial charge in [-0.25, -0.2) is 9.78 Å². The third kappa shape index (κ3) is 4.59. The first-order valence-corrected chi connectivity index (χ1v) is 10.9. The van der Waals surface area contributed by atoms with Crippen molar-refractivity contribution < 1.29 is 4.79 Å². The number of imidazole rings is 1. The van der Waals surface area contributed by atoms with E-state index in [9.17, 15) is 4.79 Å². The molecule has 3 N–H and O–H groups in total. The van der Waals surface area contributed by atoms with Gasteiger partial charge in [-0.1, -0.05) is 60.1 Å². The fourth-order valence-electron chi connectivity index (χ4n) is 3.71. The number of aryl methyl sites for hydroxylation is 1. The number of hydrogen-bond donors (Lipinski definition) is 3. The van der Waals surface area contributed by atoms with Crippen LogP contribution in [0.3, 0.4) is 0 Å². The van der Waals surface area contributed by atoms with Gasteiger partial charge in [0, 0.05) is 22.0 Å². The van der Waals surface area contributed by atoms with E-state index >= 15 is 0 Å². The molecule has 0 spiro atoms. The highest BCUT2D eigenvalue weighted by molar-refractivity contribution is 6.30. The Bertz CT molecular complexity index is 1420. The summed E-state index contributed by atoms with van der Waals surface area (Å²) in [5.74, 6) is 0.858. The summed E-state index contributed by atoms with van der Waals surface area (Å²) in [4.78, 5) is 20.4. The van der Waals surface area contributed by atoms with Crippen molar-refractivity contribution in [3.8, 4) is 22.5 Å². The van der Waals surface area contributed by atoms with Gasteiger partial charge in [-0.2, -0.15) is 0 Å². The van der Waals surface area contributed by atoms with Gasteiger partial charge in [-0.15, -0.1) is 0 Å². The number of carbonyl (C=O) groups is 1. The molecule has 5 aromatic rings. The minimum absolute atomic E-state index is 0.310. The van der Waals surface area contributed by atoms with Crippen LogP contribution in [0.15, 0.2) is 91.0 Å². The van der Waals surface area contributed by atoms with Crippen LogP contribution in [-0.4, -0.2) is 16.0 Å². The topological polar surface area (TPSA) is 69.8 Å². The van der Waals surface area contributed by atoms with Crippen LogP contribution in [0.4, 0.5) is 16.2 Å². The van der Waals surface area contributed by atoms with E-state index in [1.165, 1.54) is 0 Å². The number of anilines is 2. The molecule has 162 valence electrons. The molecule has 1 aromatic heterocycles. The van der Waals surface area contributed by atoms with Gasteiger partial charge >= 0.3 is 6.03 Å². The number of para-hydroxylation sites is 1. The van der Waals surface area contributed by atoms with Gasteiger partial charge in [0.1, 0.15) is 5.82 Å². The van der Waals surface area contributed by atoms with Crippen LogP contribution in [0.2, 0.25) is 5.02 Å². The third-order valence-corrected chi connectivity index (χ3v) is 5.70. The molecular formula is C27H21ClN4O. The van der Waals surface area contributed by atoms with Crippen molar-refractivity contribution in [1.82, 2.24) is 9.97 Å². The van der Waals surface area contributed by atoms with Crippen molar-refractivity contribution in [3.63, 3.8) is 0 Å². The maximum Gasteiger partial charge on any atom is 0.323 e. The molecule has 0 fully saturated rings. The SMILES string of the molecule is Cc1cccc2[nH]c(-c3ccc(-c4ccc(NC(=O)Nc5ccc(Cl)cc5)cc4)cc3)nc12. The molecule has 5 nitrogen and oxygen atoms in total. The molecule has 0 saturated heterocycles. The van der Waals surface area contributed by atoms with Gasteiger partial charge in [0.25, 0.3) is 0 Å². The van der Waals surface area contributed by atoms with E-state index in [1.54, 1.807) is 24.3 Å². The monoisotopic (exact) mass is 452 g/mol. The van der Waals surface area contributed by atoms with Crippen LogP contribution in [0.5, 0.6) is 0 Å². The lowest BCUT2D eigenvalue weighted by Gasteiger charge is -2.09. The molecule has 0 unspecified atom stereocenters. The van der Waals surface area contributed by atoms with Crippen LogP contribution >= 0.6 is 11.6 Å². The Hall–Kier alpha value is -4.09. The number of aromatic amines is 1. The Kier molecular flexibility index (Phi) is 5.55. The summed E-state index contributed by atoms with van der Waals surface area (Å²) in [6.07, 6.45) is 0. The van der Waals surface area contributed by atoms with E-state index in [2.05, 4.69) is 52.9 Å². The molecule has 1 heterocycles. The number of rotatable bonds is 4. The summed E-state index contributed by atoms with van der Waals surface area (Å²) in [5.41, 5.74) is 7.76. The third-order valence-electron chi connectivity index (χ3n) is 5.45. The van der Waals surface area contributed by atoms with Gasteiger partial charge in [-0.3, -0.25) is 0 Å². The van der Waals surface area contributed by atoms with Crippen molar-refractivity contribution in [2.45, 2.75) is 6.92 Å². The highest BCUT2D eigenvalue weighted by Gasteiger charge is 2.08. The van der Waals surface area contributed by atoms with E-state index in [-0.39, 0.29) is 6.03 Å². The zero-order chi connectivity index (χ0) is 22.8. The van der Waals surface area contributed by atoms with Gasteiger partial charge in [0.15, 0.2) is 0 Å². The zero-order valence-corrected chi connectivity index (χ0v) is 18.6. The average molecular weight is 453 g/mol. The number of halogens is 1. The predicted molar refractivity (Wildman–Crippen MR) is 136 cm³/mol. The van der Waals surface area contributed by atoms with Crippen molar-refractivity contribution in [1.29, 1.82) is 0 Å². The standard InChI is InChI=1S/C27H21ClN4O/c1-17-3-2-4-24-25(17)32-26(31-24)20-7-5-18(6-8-20)19-9-13-22(14-10-19)29-27(33)30-23-15-11-21(28)12-16-23/h2-16H,1H3,(H,31,32)(H2,29,30,33). The largest absolute Gasteiger partial charge is 0.338 e. The minimum Gasteiger partial charge on any atom is -0.338 e. The Morgan fingerprint density at radius 1 is 0.758 bits per heavy atom. The summed E-state index contributed by atoms with van der Waals surface area (Å²) in [6, 6.07) is 28.8. The number of nitrogens with one attached hydrogen (secondary N) is 3. The fourth-order valence-corrected chi connectivity index (χ4v) is 3.83. The summed E-state index contributed by atoms with van der Waals surface area (Å²) < 4.78 is 0. The van der Waals surface area contributed by atoms with Gasteiger partial charge in [-0.05, 0) is 66.1 Å². The average Bonchev–Trinajstić information content (AvgIpc) is 3.27. The van der Waals surface area contributed by atoms with Crippen LogP contribution in [0, 0.1) is 6.92 Å². The molecule has 0 radical (unpaired) electrons. The van der Waals surface area contributed by atoms with E-state index in [0.29, 0.717) is 16.4 Å². The first kappa shape index (κ1) is 20.8. The molecule has 2 amide bonds. The number of hydrogen-bond acceptors (Lipinski definition) is 2. The van der Waals surface area contributed by atoms with E-state index in [1.807, 2.05) is 36.4 Å². The summed E-state index contributed by atoms with van der Waals surface area (Å²) in [5, 5.41) is 6.24. The number of benzene rings is 4. The number of fused-ring (bicyclic) bond motifs is 1. The number of H-pyrrole nitrogens is 1. The Morgan fingerprint density at radius 2 is 1.30 bits per heavy atom. The summed E-state index contributed by atoms with van der Waals surface area (Å²) in [7, 11) is 0. The predicted octanol–water partition coefficient (Wildman–Crippen LogP) is 7.50. The molecule has 4 aromatic carbocycles. The summed E-state index contributed by atoms with van der Waals surface area (Å²) >= 11 is 5.87. The van der Waals surface area contributed by atoms with Crippen molar-refractivity contribution in [3.05, 3.63) is 102 Å². The molecule has 6 heteroatoms. The molecular weight excluding hydrogens is 432 g/mol. The van der Waals surface area contributed by atoms with Crippen LogP contribution in [0.1, 0.15) is 5.56 Å². The molecule has 0 aliphatic carbocycles. The number of amides is 2. The molecule has 0 aliphatic rings. The second-order valence-corrected chi connectivity index (χ2v) is 8.23. The molecule has 0 atom stereocenters. The summed E-state index contributed by atoms with van der Waals surface area (Å²) in [6.45, 7) is 2.07. The number of urea groups is 1. The van der Waals surface area contributed by atoms with Crippen LogP contribution in [0.25, 0.3) is 33.5 Å². The van der Waals surface area contributed by atoms with Gasteiger partial charge in [0.05, 0.1) is 11.0 Å². The number of nitrogens with zero attached hydrogens (tertiary/aromatic N) is 1. The molecule has 33 heavy (non-hydrogen) atoms. The Morgan fingerprint density at radius 3 is 1.91 bits per heavy atom. The molecule has 0 saturated carbocycles. The van der Waals surface area contributed by atoms with Crippen molar-refractivity contribution in [2.24, 2.45) is 0 Å². The first-order valence-electron chi connectivity index (χ1n) is 10.5. The lowest BCUT2D eigenvalue weighted by atomic mass is 10.0. The van der Waals surface area contributed by atoms with E-state index in [4.69, 9.17) is 16.6 Å². The number of carbonyl (C=O) groups excluding carboxylic acids is 1. The van der Waals surface area contributed by atoms with E-state index in [0.717, 1.165) is 39.1 Å². The Labute approximate surface area is 196 Å². The second-order valence-electron chi connectivity index (χ2n) is 7.80. The lowest BCUT2D eigenvalue weighted by Crippen LogP contribution is -2.19. The quantitative estimate of drug-likeness (QED) is 0.264. The zero-order valence-electron chi connectivity index (χ0n) is 17.9. The van der Waals surface area contributed by atoms with Crippen LogP contribution < -0.4 is 10.6 Å². The van der Waals surface area contributed by atoms with Gasteiger partial charge in [0.2, 0.25) is 0 Å². The molecule has 5 rings (SSSR count). The molecule has 0 aliphatic heterocycles. The Balaban J connectivity index is 1.27. The molecule has 0 bridgehead atoms. The maximum absolute atomic E-state index is 12.2. The minimum atomic E-state index is -0.310. The van der Waals surface area contributed by atoms with Gasteiger partial charge < -0.3 is 15.6 Å². The van der Waals surface area contributed by atoms with Crippen molar-refractivity contribution in [2.75, 3.05) is 10.6 Å². The highest BCUT2D eigenvalue weighted by Crippen LogP contribution is 2.27. The van der Waals surface area contributed by atoms with E-state index < -0.39 is 0 Å². The van der Waals surface area contributed by atoms with Crippen LogP contribution in [-0.2, 0) is 0 Å². The maximum atomic E-state index is 12.2. The second kappa shape index (κ2) is 8.81. The fraction of sp³-hybridized carbons (Fsp3) is 0.0370. The smallest absolute Gasteiger partial charge is 0.323 e. The highest BCUT2D eigenvalue weighted by atomic mass is 35.5. The first-order chi connectivity index (χ1) is 16.0. The lowest BCUT2D eigenvalue weighted by molar-refractivity contribution is 0.262. The van der Waals surface area contributed by atoms with Crippen molar-refractivity contribution >= 4 is 40.0 Å². The normalized spacial score (nSPS) is 10.8.